The van der Waals surface area contributed by atoms with Gasteiger partial charge < -0.3 is 5.32 Å². The lowest BCUT2D eigenvalue weighted by atomic mass is 10.1. The number of nitrogens with zero attached hydrogens (tertiary/aromatic N) is 1. The van der Waals surface area contributed by atoms with E-state index < -0.39 is 0 Å². The molecule has 134 valence electrons. The molecule has 3 aromatic rings. The largest absolute Gasteiger partial charge is 0.352 e. The van der Waals surface area contributed by atoms with Crippen molar-refractivity contribution in [3.8, 4) is 11.3 Å². The van der Waals surface area contributed by atoms with Gasteiger partial charge in [-0.15, -0.1) is 23.1 Å². The monoisotopic (exact) mass is 402 g/mol. The van der Waals surface area contributed by atoms with Crippen LogP contribution in [0.2, 0.25) is 5.02 Å². The average molecular weight is 403 g/mol. The van der Waals surface area contributed by atoms with Crippen LogP contribution in [-0.2, 0) is 6.42 Å². The van der Waals surface area contributed by atoms with E-state index in [2.05, 4.69) is 39.9 Å². The van der Waals surface area contributed by atoms with E-state index >= 15 is 0 Å². The van der Waals surface area contributed by atoms with Gasteiger partial charge in [0, 0.05) is 22.4 Å². The maximum atomic E-state index is 12.4. The number of carbonyl (C=O) groups excluding carboxylic acids is 1. The van der Waals surface area contributed by atoms with Crippen molar-refractivity contribution in [3.63, 3.8) is 0 Å². The molecule has 26 heavy (non-hydrogen) atoms. The topological polar surface area (TPSA) is 42.0 Å². The Hall–Kier alpha value is -1.82. The molecule has 1 heterocycles. The Labute approximate surface area is 166 Å². The molecule has 0 aliphatic carbocycles. The van der Waals surface area contributed by atoms with Crippen LogP contribution in [0.1, 0.15) is 20.9 Å². The van der Waals surface area contributed by atoms with Gasteiger partial charge in [-0.2, -0.15) is 0 Å². The third-order valence-electron chi connectivity index (χ3n) is 3.99. The van der Waals surface area contributed by atoms with Crippen molar-refractivity contribution in [2.24, 2.45) is 0 Å². The quantitative estimate of drug-likeness (QED) is 0.556. The molecule has 0 aliphatic heterocycles. The second kappa shape index (κ2) is 8.71. The van der Waals surface area contributed by atoms with E-state index in [0.29, 0.717) is 17.1 Å². The fourth-order valence-electron chi connectivity index (χ4n) is 2.56. The van der Waals surface area contributed by atoms with Crippen molar-refractivity contribution < 1.29 is 4.79 Å². The first-order chi connectivity index (χ1) is 12.6. The Balaban J connectivity index is 1.57. The maximum absolute atomic E-state index is 12.4. The Morgan fingerprint density at radius 1 is 1.23 bits per heavy atom. The fourth-order valence-corrected chi connectivity index (χ4v) is 3.82. The maximum Gasteiger partial charge on any atom is 0.252 e. The molecule has 0 saturated carbocycles. The number of benzene rings is 2. The van der Waals surface area contributed by atoms with Gasteiger partial charge in [0.25, 0.3) is 5.91 Å². The van der Waals surface area contributed by atoms with Crippen molar-refractivity contribution in [1.82, 2.24) is 10.3 Å². The molecular weight excluding hydrogens is 384 g/mol. The first kappa shape index (κ1) is 19.0. The molecule has 0 saturated heterocycles. The minimum Gasteiger partial charge on any atom is -0.352 e. The number of carbonyl (C=O) groups is 1. The SMILES string of the molecule is CSc1ccc(Cl)c(C(=O)NCCc2ccc(-c3csc(C)n3)cc2)c1. The van der Waals surface area contributed by atoms with Crippen molar-refractivity contribution in [3.05, 3.63) is 69.0 Å². The highest BCUT2D eigenvalue weighted by molar-refractivity contribution is 7.98. The van der Waals surface area contributed by atoms with Crippen molar-refractivity contribution in [1.29, 1.82) is 0 Å². The van der Waals surface area contributed by atoms with Gasteiger partial charge in [0.2, 0.25) is 0 Å². The van der Waals surface area contributed by atoms with Crippen molar-refractivity contribution in [2.75, 3.05) is 12.8 Å². The van der Waals surface area contributed by atoms with Crippen molar-refractivity contribution >= 4 is 40.6 Å². The summed E-state index contributed by atoms with van der Waals surface area (Å²) < 4.78 is 0. The summed E-state index contributed by atoms with van der Waals surface area (Å²) in [7, 11) is 0. The lowest BCUT2D eigenvalue weighted by Crippen LogP contribution is -2.26. The molecule has 0 spiro atoms. The molecule has 0 aliphatic rings. The molecule has 0 radical (unpaired) electrons. The summed E-state index contributed by atoms with van der Waals surface area (Å²) in [4.78, 5) is 17.9. The van der Waals surface area contributed by atoms with Crippen LogP contribution in [0, 0.1) is 6.92 Å². The average Bonchev–Trinajstić information content (AvgIpc) is 3.09. The fraction of sp³-hybridized carbons (Fsp3) is 0.200. The van der Waals surface area contributed by atoms with Crippen LogP contribution < -0.4 is 5.32 Å². The number of rotatable bonds is 6. The molecule has 0 fully saturated rings. The van der Waals surface area contributed by atoms with Crippen LogP contribution in [0.3, 0.4) is 0 Å². The van der Waals surface area contributed by atoms with Gasteiger partial charge in [0.1, 0.15) is 0 Å². The van der Waals surface area contributed by atoms with Crippen LogP contribution in [0.15, 0.2) is 52.7 Å². The van der Waals surface area contributed by atoms with E-state index in [1.54, 1.807) is 29.2 Å². The van der Waals surface area contributed by atoms with Gasteiger partial charge in [0.15, 0.2) is 0 Å². The molecule has 1 aromatic heterocycles. The van der Waals surface area contributed by atoms with Crippen LogP contribution in [0.4, 0.5) is 0 Å². The molecule has 1 N–H and O–H groups in total. The predicted octanol–water partition coefficient (Wildman–Crippen LogP) is 5.47. The zero-order valence-corrected chi connectivity index (χ0v) is 17.0. The molecule has 0 unspecified atom stereocenters. The Kier molecular flexibility index (Phi) is 6.35. The molecule has 3 rings (SSSR count). The third kappa shape index (κ3) is 4.67. The molecule has 6 heteroatoms. The number of aryl methyl sites for hydroxylation is 1. The number of aromatic nitrogens is 1. The van der Waals surface area contributed by atoms with Gasteiger partial charge in [-0.05, 0) is 43.4 Å². The lowest BCUT2D eigenvalue weighted by Gasteiger charge is -2.08. The summed E-state index contributed by atoms with van der Waals surface area (Å²) in [6.07, 6.45) is 2.74. The van der Waals surface area contributed by atoms with Crippen LogP contribution >= 0.6 is 34.7 Å². The second-order valence-electron chi connectivity index (χ2n) is 5.80. The van der Waals surface area contributed by atoms with Gasteiger partial charge in [-0.1, -0.05) is 35.9 Å². The first-order valence-electron chi connectivity index (χ1n) is 8.20. The van der Waals surface area contributed by atoms with Gasteiger partial charge in [0.05, 0.1) is 21.3 Å². The number of nitrogens with one attached hydrogen (secondary N) is 1. The first-order valence-corrected chi connectivity index (χ1v) is 10.7. The van der Waals surface area contributed by atoms with E-state index in [1.165, 1.54) is 5.56 Å². The smallest absolute Gasteiger partial charge is 0.252 e. The molecule has 1 amide bonds. The third-order valence-corrected chi connectivity index (χ3v) is 5.81. The highest BCUT2D eigenvalue weighted by Crippen LogP contribution is 2.23. The highest BCUT2D eigenvalue weighted by Gasteiger charge is 2.11. The molecule has 3 nitrogen and oxygen atoms in total. The van der Waals surface area contributed by atoms with Crippen LogP contribution in [-0.4, -0.2) is 23.7 Å². The van der Waals surface area contributed by atoms with Gasteiger partial charge in [-0.25, -0.2) is 4.98 Å². The minimum atomic E-state index is -0.138. The summed E-state index contributed by atoms with van der Waals surface area (Å²) in [6, 6.07) is 13.8. The number of hydrogen-bond donors (Lipinski definition) is 1. The second-order valence-corrected chi connectivity index (χ2v) is 8.15. The zero-order chi connectivity index (χ0) is 18.5. The molecular formula is C20H19ClN2OS2. The van der Waals surface area contributed by atoms with E-state index in [4.69, 9.17) is 11.6 Å². The molecule has 2 aromatic carbocycles. The summed E-state index contributed by atoms with van der Waals surface area (Å²) >= 11 is 9.39. The summed E-state index contributed by atoms with van der Waals surface area (Å²) in [5.74, 6) is -0.138. The predicted molar refractivity (Wildman–Crippen MR) is 112 cm³/mol. The van der Waals surface area contributed by atoms with Crippen molar-refractivity contribution in [2.45, 2.75) is 18.2 Å². The Morgan fingerprint density at radius 2 is 2.00 bits per heavy atom. The molecule has 0 atom stereocenters. The van der Waals surface area contributed by atoms with E-state index in [-0.39, 0.29) is 5.91 Å². The Morgan fingerprint density at radius 3 is 2.65 bits per heavy atom. The Bertz CT molecular complexity index is 906. The van der Waals surface area contributed by atoms with E-state index in [0.717, 1.165) is 27.6 Å². The van der Waals surface area contributed by atoms with E-state index in [1.807, 2.05) is 25.3 Å². The van der Waals surface area contributed by atoms with Crippen LogP contribution in [0.5, 0.6) is 0 Å². The van der Waals surface area contributed by atoms with E-state index in [9.17, 15) is 4.79 Å². The number of thioether (sulfide) groups is 1. The zero-order valence-electron chi connectivity index (χ0n) is 14.6. The van der Waals surface area contributed by atoms with Crippen LogP contribution in [0.25, 0.3) is 11.3 Å². The lowest BCUT2D eigenvalue weighted by molar-refractivity contribution is 0.0954. The number of halogens is 1. The van der Waals surface area contributed by atoms with Gasteiger partial charge in [-0.3, -0.25) is 4.79 Å². The number of hydrogen-bond acceptors (Lipinski definition) is 4. The molecule has 0 bridgehead atoms. The highest BCUT2D eigenvalue weighted by atomic mass is 35.5. The normalized spacial score (nSPS) is 10.7. The standard InChI is InChI=1S/C20H19ClN2OS2/c1-13-23-19(12-26-13)15-5-3-14(4-6-15)9-10-22-20(24)17-11-16(25-2)7-8-18(17)21/h3-8,11-12H,9-10H2,1-2H3,(H,22,24). The number of amides is 1. The number of thiazole rings is 1. The minimum absolute atomic E-state index is 0.138. The summed E-state index contributed by atoms with van der Waals surface area (Å²) in [5.41, 5.74) is 3.82. The van der Waals surface area contributed by atoms with Gasteiger partial charge >= 0.3 is 0 Å². The summed E-state index contributed by atoms with van der Waals surface area (Å²) in [6.45, 7) is 2.57. The summed E-state index contributed by atoms with van der Waals surface area (Å²) in [5, 5.41) is 6.55.